The van der Waals surface area contributed by atoms with Gasteiger partial charge in [-0.3, -0.25) is 52.7 Å². The molecule has 1 aliphatic heterocycles. The van der Waals surface area contributed by atoms with Crippen molar-refractivity contribution in [2.24, 2.45) is 46.2 Å². The molecule has 0 radical (unpaired) electrons. The van der Waals surface area contributed by atoms with E-state index in [4.69, 9.17) is 34.4 Å². The Morgan fingerprint density at radius 2 is 1.02 bits per heavy atom. The highest BCUT2D eigenvalue weighted by atomic mass is 16.3. The second-order valence-corrected chi connectivity index (χ2v) is 22.3. The minimum Gasteiger partial charge on any atom is -0.391 e. The molecule has 0 spiro atoms. The van der Waals surface area contributed by atoms with E-state index in [1.165, 1.54) is 6.92 Å². The van der Waals surface area contributed by atoms with E-state index < -0.39 is 138 Å². The van der Waals surface area contributed by atoms with Crippen LogP contribution in [0, 0.1) is 11.8 Å². The molecular formula is C57H101N17O12. The first-order valence-electron chi connectivity index (χ1n) is 30.2. The maximum atomic E-state index is 14.6. The number of carbonyl (C=O) groups excluding carboxylic acids is 11. The van der Waals surface area contributed by atoms with Crippen molar-refractivity contribution < 1.29 is 57.8 Å². The highest BCUT2D eigenvalue weighted by Gasteiger charge is 2.37. The molecule has 2 rings (SSSR count). The van der Waals surface area contributed by atoms with Gasteiger partial charge in [0.05, 0.1) is 6.10 Å². The van der Waals surface area contributed by atoms with Crippen molar-refractivity contribution in [3.05, 3.63) is 35.9 Å². The summed E-state index contributed by atoms with van der Waals surface area (Å²) in [5.74, 6) is -8.85. The zero-order chi connectivity index (χ0) is 64.3. The van der Waals surface area contributed by atoms with Gasteiger partial charge in [-0.15, -0.1) is 0 Å². The van der Waals surface area contributed by atoms with Crippen LogP contribution in [0.15, 0.2) is 30.3 Å². The average Bonchev–Trinajstić information content (AvgIpc) is 3.57. The summed E-state index contributed by atoms with van der Waals surface area (Å²) in [5, 5.41) is 39.6. The van der Waals surface area contributed by atoms with Crippen molar-refractivity contribution in [3.8, 4) is 0 Å². The number of rotatable bonds is 31. The minimum atomic E-state index is -1.69. The lowest BCUT2D eigenvalue weighted by Gasteiger charge is -2.29. The third-order valence-corrected chi connectivity index (χ3v) is 14.5. The summed E-state index contributed by atoms with van der Waals surface area (Å²) < 4.78 is 0. The molecule has 1 aliphatic rings. The third kappa shape index (κ3) is 27.6. The summed E-state index contributed by atoms with van der Waals surface area (Å²) in [6.45, 7) is 8.17. The van der Waals surface area contributed by atoms with Gasteiger partial charge < -0.3 is 98.0 Å². The molecule has 29 heteroatoms. The maximum Gasteiger partial charge on any atom is 0.245 e. The zero-order valence-electron chi connectivity index (χ0n) is 50.9. The molecule has 0 unspecified atom stereocenters. The highest BCUT2D eigenvalue weighted by Crippen LogP contribution is 2.14. The SMILES string of the molecule is CC[C@H](C)CCCCC(=O)N[C@@H](CCN)C(=O)N[C@H](C(=O)N[C@@H](CCN)C(=O)N[C@H]1CCNC(=O)[C@H](CCCN)NC(=O)[C@H](CCN)NC(=O)[C@H](CCN)NC(=O)[C@H](CC(C)C)NC(=O)[C@@H](Cc2ccccc2)NC(=O)[C@H](CCN)NC1=O)[C@@H](C)O. The average molecular weight is 1220 g/mol. The predicted molar refractivity (Wildman–Crippen MR) is 323 cm³/mol. The number of hydrogen-bond donors (Lipinski definition) is 18. The van der Waals surface area contributed by atoms with E-state index in [0.717, 1.165) is 19.3 Å². The van der Waals surface area contributed by atoms with Gasteiger partial charge in [0.15, 0.2) is 0 Å². The monoisotopic (exact) mass is 1220 g/mol. The van der Waals surface area contributed by atoms with Crippen LogP contribution in [0.4, 0.5) is 0 Å². The Kier molecular flexibility index (Phi) is 36.1. The Bertz CT molecular complexity index is 2320. The lowest BCUT2D eigenvalue weighted by atomic mass is 10.00. The summed E-state index contributed by atoms with van der Waals surface area (Å²) in [7, 11) is 0. The number of nitrogens with one attached hydrogen (secondary N) is 11. The largest absolute Gasteiger partial charge is 0.391 e. The van der Waals surface area contributed by atoms with Crippen LogP contribution in [0.1, 0.15) is 130 Å². The Hall–Kier alpha value is -6.89. The standard InChI is InChI=1S/C57H101N17O12/c1-6-34(4)13-10-11-17-46(76)65-38(18-25-59)54(83)74-47(35(5)75)57(86)71-42(22-29-63)51(80)70-43-23-30-64-48(77)37(16-12-24-58)66-49(78)39(19-26-60)67-50(79)40(20-27-61)69-55(84)44(31-33(2)3)72-56(85)45(32-36-14-8-7-9-15-36)73-52(81)41(21-28-62)68-53(43)82/h7-9,14-15,33-35,37-45,47,75H,6,10-13,16-32,58-63H2,1-5H3,(H,64,77)(H,65,76)(H,66,78)(H,67,79)(H,68,82)(H,69,84)(H,70,80)(H,71,86)(H,72,85)(H,73,81)(H,74,83)/t34-,35+,37-,38-,39-,40-,41-,42-,43-,44-,45+,47-/m0/s1. The number of benzene rings is 1. The predicted octanol–water partition coefficient (Wildman–Crippen LogP) is -4.89. The van der Waals surface area contributed by atoms with Crippen molar-refractivity contribution in [3.63, 3.8) is 0 Å². The van der Waals surface area contributed by atoms with E-state index >= 15 is 0 Å². The molecule has 1 aromatic rings. The first-order chi connectivity index (χ1) is 41.0. The van der Waals surface area contributed by atoms with Crippen LogP contribution in [-0.4, -0.2) is 182 Å². The molecule has 29 nitrogen and oxygen atoms in total. The first kappa shape index (κ1) is 75.2. The van der Waals surface area contributed by atoms with Crippen molar-refractivity contribution in [2.45, 2.75) is 197 Å². The van der Waals surface area contributed by atoms with E-state index in [1.807, 2.05) is 0 Å². The van der Waals surface area contributed by atoms with Gasteiger partial charge in [-0.05, 0) is 128 Å². The van der Waals surface area contributed by atoms with E-state index in [2.05, 4.69) is 72.3 Å². The highest BCUT2D eigenvalue weighted by molar-refractivity contribution is 5.99. The Morgan fingerprint density at radius 3 is 1.52 bits per heavy atom. The fourth-order valence-electron chi connectivity index (χ4n) is 9.34. The van der Waals surface area contributed by atoms with E-state index in [0.29, 0.717) is 17.9 Å². The smallest absolute Gasteiger partial charge is 0.245 e. The molecular weight excluding hydrogens is 1110 g/mol. The van der Waals surface area contributed by atoms with Gasteiger partial charge in [0.25, 0.3) is 0 Å². The van der Waals surface area contributed by atoms with Gasteiger partial charge in [0.1, 0.15) is 60.4 Å². The molecule has 0 saturated carbocycles. The fraction of sp³-hybridized carbons (Fsp3) is 0.702. The van der Waals surface area contributed by atoms with Gasteiger partial charge in [0.2, 0.25) is 65.0 Å². The zero-order valence-corrected chi connectivity index (χ0v) is 50.9. The van der Waals surface area contributed by atoms with Crippen LogP contribution in [0.3, 0.4) is 0 Å². The summed E-state index contributed by atoms with van der Waals surface area (Å²) in [6.07, 6.45) is 1.04. The molecule has 12 atom stereocenters. The first-order valence-corrected chi connectivity index (χ1v) is 30.2. The Balaban J connectivity index is 2.69. The number of carbonyl (C=O) groups is 11. The van der Waals surface area contributed by atoms with Crippen LogP contribution < -0.4 is 92.9 Å². The molecule has 486 valence electrons. The molecule has 0 aromatic heterocycles. The van der Waals surface area contributed by atoms with Gasteiger partial charge >= 0.3 is 0 Å². The molecule has 1 heterocycles. The molecule has 1 fully saturated rings. The van der Waals surface area contributed by atoms with Gasteiger partial charge in [-0.25, -0.2) is 0 Å². The van der Waals surface area contributed by atoms with Crippen LogP contribution in [0.5, 0.6) is 0 Å². The number of unbranched alkanes of at least 4 members (excludes halogenated alkanes) is 1. The van der Waals surface area contributed by atoms with Gasteiger partial charge in [-0.1, -0.05) is 77.3 Å². The van der Waals surface area contributed by atoms with E-state index in [1.54, 1.807) is 44.2 Å². The lowest BCUT2D eigenvalue weighted by Crippen LogP contribution is -2.62. The molecule has 1 saturated heterocycles. The Morgan fingerprint density at radius 1 is 0.535 bits per heavy atom. The van der Waals surface area contributed by atoms with Gasteiger partial charge in [-0.2, -0.15) is 0 Å². The van der Waals surface area contributed by atoms with Gasteiger partial charge in [0, 0.05) is 19.4 Å². The van der Waals surface area contributed by atoms with Crippen molar-refractivity contribution in [1.29, 1.82) is 0 Å². The van der Waals surface area contributed by atoms with E-state index in [-0.39, 0.29) is 116 Å². The number of amides is 11. The molecule has 0 bridgehead atoms. The molecule has 11 amide bonds. The summed E-state index contributed by atoms with van der Waals surface area (Å²) in [4.78, 5) is 154. The van der Waals surface area contributed by atoms with Crippen molar-refractivity contribution in [1.82, 2.24) is 58.5 Å². The van der Waals surface area contributed by atoms with Crippen LogP contribution in [0.25, 0.3) is 0 Å². The molecule has 24 N–H and O–H groups in total. The Labute approximate surface area is 505 Å². The summed E-state index contributed by atoms with van der Waals surface area (Å²) in [5.41, 5.74) is 35.9. The second kappa shape index (κ2) is 41.2. The normalized spacial score (nSPS) is 22.4. The molecule has 0 aliphatic carbocycles. The summed E-state index contributed by atoms with van der Waals surface area (Å²) >= 11 is 0. The number of aliphatic hydroxyl groups is 1. The minimum absolute atomic E-state index is 0.00327. The topological polar surface area (TPSA) is 496 Å². The third-order valence-electron chi connectivity index (χ3n) is 14.5. The quantitative estimate of drug-likeness (QED) is 0.0310. The summed E-state index contributed by atoms with van der Waals surface area (Å²) in [6, 6.07) is -5.48. The van der Waals surface area contributed by atoms with Crippen LogP contribution in [-0.2, 0) is 59.2 Å². The fourth-order valence-corrected chi connectivity index (χ4v) is 9.34. The van der Waals surface area contributed by atoms with Crippen molar-refractivity contribution in [2.75, 3.05) is 45.8 Å². The van der Waals surface area contributed by atoms with Crippen molar-refractivity contribution >= 4 is 65.0 Å². The number of aliphatic hydroxyl groups excluding tert-OH is 1. The maximum absolute atomic E-state index is 14.6. The molecule has 86 heavy (non-hydrogen) atoms. The van der Waals surface area contributed by atoms with Crippen LogP contribution >= 0.6 is 0 Å². The number of nitrogens with two attached hydrogens (primary N) is 6. The lowest BCUT2D eigenvalue weighted by molar-refractivity contribution is -0.137. The number of hydrogen-bond acceptors (Lipinski definition) is 18. The van der Waals surface area contributed by atoms with Crippen LogP contribution in [0.2, 0.25) is 0 Å². The second-order valence-electron chi connectivity index (χ2n) is 22.3. The van der Waals surface area contributed by atoms with E-state index in [9.17, 15) is 57.8 Å². The molecule has 1 aromatic carbocycles.